The average molecular weight is 384 g/mol. The highest BCUT2D eigenvalue weighted by Crippen LogP contribution is 2.53. The quantitative estimate of drug-likeness (QED) is 0.650. The van der Waals surface area contributed by atoms with Crippen LogP contribution < -0.4 is 0 Å². The molecule has 3 heterocycles. The Bertz CT molecular complexity index is 341. The van der Waals surface area contributed by atoms with Crippen LogP contribution in [0.25, 0.3) is 0 Å². The number of rotatable bonds is 1. The normalized spacial score (nSPS) is 56.0. The SMILES string of the molecule is CC1(CBr)OCC2(CO1)OC1(C)CCC2CC1Br. The molecule has 104 valence electrons. The molecule has 4 rings (SSSR count). The molecule has 3 nitrogen and oxygen atoms in total. The zero-order valence-corrected chi connectivity index (χ0v) is 14.1. The number of hydrogen-bond donors (Lipinski definition) is 0. The van der Waals surface area contributed by atoms with Crippen molar-refractivity contribution in [2.45, 2.75) is 54.9 Å². The molecule has 2 bridgehead atoms. The van der Waals surface area contributed by atoms with E-state index in [9.17, 15) is 0 Å². The van der Waals surface area contributed by atoms with E-state index >= 15 is 0 Å². The summed E-state index contributed by atoms with van der Waals surface area (Å²) in [6.45, 7) is 5.48. The fraction of sp³-hybridized carbons (Fsp3) is 1.00. The summed E-state index contributed by atoms with van der Waals surface area (Å²) in [5, 5.41) is 0.694. The van der Waals surface area contributed by atoms with E-state index in [0.717, 1.165) is 12.8 Å². The fourth-order valence-electron chi connectivity index (χ4n) is 3.38. The third-order valence-electron chi connectivity index (χ3n) is 4.81. The Hall–Kier alpha value is 0.840. The molecule has 0 radical (unpaired) electrons. The fourth-order valence-corrected chi connectivity index (χ4v) is 4.48. The highest BCUT2D eigenvalue weighted by Gasteiger charge is 2.59. The molecule has 0 N–H and O–H groups in total. The molecular formula is C13H20Br2O3. The minimum Gasteiger partial charge on any atom is -0.363 e. The zero-order valence-electron chi connectivity index (χ0n) is 10.9. The monoisotopic (exact) mass is 382 g/mol. The van der Waals surface area contributed by atoms with Crippen LogP contribution in [0.3, 0.4) is 0 Å². The van der Waals surface area contributed by atoms with Crippen molar-refractivity contribution in [1.29, 1.82) is 0 Å². The van der Waals surface area contributed by atoms with Crippen LogP contribution in [0.2, 0.25) is 0 Å². The molecule has 1 spiro atoms. The number of hydrogen-bond acceptors (Lipinski definition) is 3. The van der Waals surface area contributed by atoms with Gasteiger partial charge in [-0.1, -0.05) is 31.9 Å². The summed E-state index contributed by atoms with van der Waals surface area (Å²) in [7, 11) is 0. The van der Waals surface area contributed by atoms with Gasteiger partial charge in [0.05, 0.1) is 24.1 Å². The Kier molecular flexibility index (Phi) is 3.39. The van der Waals surface area contributed by atoms with E-state index in [1.165, 1.54) is 6.42 Å². The second-order valence-electron chi connectivity index (χ2n) is 6.26. The molecule has 3 atom stereocenters. The summed E-state index contributed by atoms with van der Waals surface area (Å²) >= 11 is 7.22. The highest BCUT2D eigenvalue weighted by molar-refractivity contribution is 9.09. The van der Waals surface area contributed by atoms with Crippen LogP contribution in [-0.4, -0.2) is 40.4 Å². The van der Waals surface area contributed by atoms with Crippen molar-refractivity contribution in [3.63, 3.8) is 0 Å². The summed E-state index contributed by atoms with van der Waals surface area (Å²) in [5.41, 5.74) is -0.289. The van der Waals surface area contributed by atoms with Gasteiger partial charge in [0.1, 0.15) is 5.60 Å². The second-order valence-corrected chi connectivity index (χ2v) is 7.93. The van der Waals surface area contributed by atoms with E-state index in [2.05, 4.69) is 38.8 Å². The van der Waals surface area contributed by atoms with Gasteiger partial charge in [0, 0.05) is 4.83 Å². The van der Waals surface area contributed by atoms with Gasteiger partial charge in [-0.05, 0) is 39.0 Å². The molecule has 5 heteroatoms. The first kappa shape index (κ1) is 13.8. The molecule has 0 aromatic heterocycles. The molecule has 4 aliphatic rings. The van der Waals surface area contributed by atoms with E-state index in [4.69, 9.17) is 14.2 Å². The largest absolute Gasteiger partial charge is 0.363 e. The first-order chi connectivity index (χ1) is 8.41. The minimum absolute atomic E-state index is 0.0659. The van der Waals surface area contributed by atoms with Crippen LogP contribution in [0.5, 0.6) is 0 Å². The first-order valence-corrected chi connectivity index (χ1v) is 8.63. The zero-order chi connectivity index (χ0) is 13.0. The predicted octanol–water partition coefficient (Wildman–Crippen LogP) is 3.24. The van der Waals surface area contributed by atoms with Gasteiger partial charge in [-0.2, -0.15) is 0 Å². The smallest absolute Gasteiger partial charge is 0.175 e. The number of ether oxygens (including phenoxy) is 3. The van der Waals surface area contributed by atoms with E-state index in [-0.39, 0.29) is 11.2 Å². The van der Waals surface area contributed by atoms with Crippen LogP contribution in [0.15, 0.2) is 0 Å². The molecule has 0 aromatic rings. The van der Waals surface area contributed by atoms with E-state index in [1.54, 1.807) is 0 Å². The van der Waals surface area contributed by atoms with Crippen LogP contribution in [0.4, 0.5) is 0 Å². The average Bonchev–Trinajstić information content (AvgIpc) is 2.36. The van der Waals surface area contributed by atoms with Crippen molar-refractivity contribution in [2.24, 2.45) is 5.92 Å². The molecular weight excluding hydrogens is 364 g/mol. The van der Waals surface area contributed by atoms with Gasteiger partial charge in [0.2, 0.25) is 0 Å². The van der Waals surface area contributed by atoms with Gasteiger partial charge in [-0.25, -0.2) is 0 Å². The summed E-state index contributed by atoms with van der Waals surface area (Å²) in [4.78, 5) is 0.457. The van der Waals surface area contributed by atoms with Crippen LogP contribution in [-0.2, 0) is 14.2 Å². The molecule has 3 aliphatic heterocycles. The maximum Gasteiger partial charge on any atom is 0.175 e. The summed E-state index contributed by atoms with van der Waals surface area (Å²) in [6, 6.07) is 0. The minimum atomic E-state index is -0.500. The van der Waals surface area contributed by atoms with Crippen molar-refractivity contribution in [3.05, 3.63) is 0 Å². The third kappa shape index (κ3) is 2.01. The van der Waals surface area contributed by atoms with Gasteiger partial charge < -0.3 is 14.2 Å². The van der Waals surface area contributed by atoms with Crippen molar-refractivity contribution >= 4 is 31.9 Å². The second kappa shape index (κ2) is 4.42. The summed E-state index contributed by atoms with van der Waals surface area (Å²) < 4.78 is 18.3. The van der Waals surface area contributed by atoms with Crippen LogP contribution >= 0.6 is 31.9 Å². The molecule has 3 saturated heterocycles. The van der Waals surface area contributed by atoms with Gasteiger partial charge in [-0.15, -0.1) is 0 Å². The lowest BCUT2D eigenvalue weighted by molar-refractivity contribution is -0.359. The van der Waals surface area contributed by atoms with Gasteiger partial charge in [0.15, 0.2) is 5.79 Å². The summed E-state index contributed by atoms with van der Waals surface area (Å²) in [5.74, 6) is 0.0450. The van der Waals surface area contributed by atoms with Gasteiger partial charge >= 0.3 is 0 Å². The van der Waals surface area contributed by atoms with Crippen molar-refractivity contribution in [2.75, 3.05) is 18.5 Å². The summed E-state index contributed by atoms with van der Waals surface area (Å²) in [6.07, 6.45) is 3.51. The van der Waals surface area contributed by atoms with Crippen LogP contribution in [0, 0.1) is 5.92 Å². The van der Waals surface area contributed by atoms with E-state index in [0.29, 0.717) is 29.3 Å². The van der Waals surface area contributed by atoms with Crippen LogP contribution in [0.1, 0.15) is 33.1 Å². The molecule has 0 aromatic carbocycles. The number of halogens is 2. The Morgan fingerprint density at radius 1 is 1.22 bits per heavy atom. The van der Waals surface area contributed by atoms with Crippen molar-refractivity contribution < 1.29 is 14.2 Å². The Morgan fingerprint density at radius 2 is 1.89 bits per heavy atom. The molecule has 1 aliphatic carbocycles. The lowest BCUT2D eigenvalue weighted by atomic mass is 9.67. The van der Waals surface area contributed by atoms with E-state index in [1.807, 2.05) is 6.92 Å². The van der Waals surface area contributed by atoms with Gasteiger partial charge in [-0.3, -0.25) is 0 Å². The Balaban J connectivity index is 1.78. The highest BCUT2D eigenvalue weighted by atomic mass is 79.9. The molecule has 18 heavy (non-hydrogen) atoms. The molecule has 4 fully saturated rings. The Morgan fingerprint density at radius 3 is 2.39 bits per heavy atom. The Labute approximate surface area is 125 Å². The number of alkyl halides is 2. The topological polar surface area (TPSA) is 27.7 Å². The number of fused-ring (bicyclic) bond motifs is 2. The van der Waals surface area contributed by atoms with E-state index < -0.39 is 5.79 Å². The van der Waals surface area contributed by atoms with Gasteiger partial charge in [0.25, 0.3) is 0 Å². The van der Waals surface area contributed by atoms with Crippen molar-refractivity contribution in [1.82, 2.24) is 0 Å². The predicted molar refractivity (Wildman–Crippen MR) is 76.4 cm³/mol. The lowest BCUT2D eigenvalue weighted by Gasteiger charge is -2.60. The maximum absolute atomic E-state index is 6.44. The van der Waals surface area contributed by atoms with Crippen molar-refractivity contribution in [3.8, 4) is 0 Å². The first-order valence-electron chi connectivity index (χ1n) is 6.60. The molecule has 1 saturated carbocycles. The third-order valence-corrected chi connectivity index (χ3v) is 7.17. The maximum atomic E-state index is 6.44. The standard InChI is InChI=1S/C13H20Br2O3/c1-11-4-3-9(5-10(11)15)13(18-11)7-16-12(2,6-14)17-8-13/h9-10H,3-8H2,1-2H3. The molecule has 0 amide bonds. The lowest BCUT2D eigenvalue weighted by Crippen LogP contribution is -2.68. The molecule has 3 unspecified atom stereocenters.